The fourth-order valence-electron chi connectivity index (χ4n) is 2.68. The van der Waals surface area contributed by atoms with Crippen molar-refractivity contribution in [2.75, 3.05) is 20.3 Å². The van der Waals surface area contributed by atoms with Crippen LogP contribution in [0.2, 0.25) is 0 Å². The quantitative estimate of drug-likeness (QED) is 0.773. The number of aromatic nitrogens is 2. The first-order chi connectivity index (χ1) is 8.80. The number of ether oxygens (including phenoxy) is 1. The van der Waals surface area contributed by atoms with Crippen LogP contribution in [-0.4, -0.2) is 30.5 Å². The minimum absolute atomic E-state index is 0.336. The second-order valence-corrected chi connectivity index (χ2v) is 6.07. The number of nitrogens with zero attached hydrogens (tertiary/aromatic N) is 2. The fraction of sp³-hybridized carbons (Fsp3) is 0.846. The number of hydrogen-bond acceptors (Lipinski definition) is 5. The molecule has 0 atom stereocenters. The van der Waals surface area contributed by atoms with E-state index in [-0.39, 0.29) is 0 Å². The topological polar surface area (TPSA) is 47.0 Å². The van der Waals surface area contributed by atoms with E-state index in [0.717, 1.165) is 24.7 Å². The summed E-state index contributed by atoms with van der Waals surface area (Å²) in [5.74, 6) is 0. The number of methoxy groups -OCH3 is 1. The van der Waals surface area contributed by atoms with Gasteiger partial charge in [0, 0.05) is 25.6 Å². The predicted molar refractivity (Wildman–Crippen MR) is 73.9 cm³/mol. The van der Waals surface area contributed by atoms with E-state index in [9.17, 15) is 0 Å². The summed E-state index contributed by atoms with van der Waals surface area (Å²) in [5.41, 5.74) is 0.336. The Morgan fingerprint density at radius 2 is 2.11 bits per heavy atom. The summed E-state index contributed by atoms with van der Waals surface area (Å²) < 4.78 is 5.00. The van der Waals surface area contributed by atoms with Crippen molar-refractivity contribution in [3.63, 3.8) is 0 Å². The normalized spacial score (nSPS) is 18.3. The van der Waals surface area contributed by atoms with Crippen molar-refractivity contribution in [2.24, 2.45) is 0 Å². The van der Waals surface area contributed by atoms with Crippen LogP contribution in [0.3, 0.4) is 0 Å². The van der Waals surface area contributed by atoms with Crippen LogP contribution in [0.25, 0.3) is 0 Å². The summed E-state index contributed by atoms with van der Waals surface area (Å²) in [5, 5.41) is 14.4. The first-order valence-electron chi connectivity index (χ1n) is 6.83. The summed E-state index contributed by atoms with van der Waals surface area (Å²) >= 11 is 1.79. The van der Waals surface area contributed by atoms with Gasteiger partial charge in [0.2, 0.25) is 0 Å². The Morgan fingerprint density at radius 3 is 2.78 bits per heavy atom. The van der Waals surface area contributed by atoms with E-state index in [1.165, 1.54) is 37.1 Å². The van der Waals surface area contributed by atoms with E-state index >= 15 is 0 Å². The molecule has 0 amide bonds. The number of rotatable bonds is 7. The predicted octanol–water partition coefficient (Wildman–Crippen LogP) is 2.50. The van der Waals surface area contributed by atoms with Gasteiger partial charge in [-0.2, -0.15) is 0 Å². The highest BCUT2D eigenvalue weighted by molar-refractivity contribution is 7.11. The first kappa shape index (κ1) is 13.9. The van der Waals surface area contributed by atoms with Crippen LogP contribution in [0, 0.1) is 0 Å². The maximum absolute atomic E-state index is 5.00. The zero-order valence-corrected chi connectivity index (χ0v) is 12.2. The Morgan fingerprint density at radius 1 is 1.33 bits per heavy atom. The largest absolute Gasteiger partial charge is 0.383 e. The van der Waals surface area contributed by atoms with Crippen molar-refractivity contribution in [1.82, 2.24) is 15.5 Å². The summed E-state index contributed by atoms with van der Waals surface area (Å²) in [6.07, 6.45) is 6.45. The molecule has 1 aliphatic rings. The van der Waals surface area contributed by atoms with Gasteiger partial charge in [0.05, 0.1) is 6.61 Å². The van der Waals surface area contributed by atoms with Gasteiger partial charge in [-0.15, -0.1) is 10.2 Å². The molecule has 2 rings (SSSR count). The smallest absolute Gasteiger partial charge is 0.131 e. The van der Waals surface area contributed by atoms with Gasteiger partial charge < -0.3 is 10.1 Å². The van der Waals surface area contributed by atoms with E-state index in [4.69, 9.17) is 4.74 Å². The molecule has 1 saturated carbocycles. The molecule has 1 aromatic heterocycles. The van der Waals surface area contributed by atoms with Crippen LogP contribution < -0.4 is 5.32 Å². The molecule has 0 spiro atoms. The van der Waals surface area contributed by atoms with Crippen molar-refractivity contribution in [3.05, 3.63) is 10.0 Å². The van der Waals surface area contributed by atoms with E-state index in [0.29, 0.717) is 5.41 Å². The van der Waals surface area contributed by atoms with E-state index in [1.54, 1.807) is 18.4 Å². The minimum Gasteiger partial charge on any atom is -0.383 e. The zero-order valence-electron chi connectivity index (χ0n) is 11.4. The molecule has 18 heavy (non-hydrogen) atoms. The highest BCUT2D eigenvalue weighted by Gasteiger charge is 2.36. The second-order valence-electron chi connectivity index (χ2n) is 5.01. The highest BCUT2D eigenvalue weighted by atomic mass is 32.1. The molecule has 0 bridgehead atoms. The summed E-state index contributed by atoms with van der Waals surface area (Å²) in [7, 11) is 1.72. The Labute approximate surface area is 113 Å². The molecule has 1 aliphatic carbocycles. The molecule has 0 aliphatic heterocycles. The van der Waals surface area contributed by atoms with Gasteiger partial charge in [0.1, 0.15) is 10.0 Å². The average Bonchev–Trinajstić information content (AvgIpc) is 3.04. The lowest BCUT2D eigenvalue weighted by atomic mass is 9.84. The van der Waals surface area contributed by atoms with Gasteiger partial charge in [-0.3, -0.25) is 0 Å². The maximum Gasteiger partial charge on any atom is 0.131 e. The zero-order chi connectivity index (χ0) is 12.8. The van der Waals surface area contributed by atoms with Gasteiger partial charge in [-0.25, -0.2) is 0 Å². The fourth-order valence-corrected chi connectivity index (χ4v) is 3.81. The third-order valence-corrected chi connectivity index (χ3v) is 5.09. The third kappa shape index (κ3) is 3.08. The minimum atomic E-state index is 0.336. The molecular formula is C13H23N3OS. The van der Waals surface area contributed by atoms with Crippen LogP contribution in [0.4, 0.5) is 0 Å². The molecule has 1 heterocycles. The van der Waals surface area contributed by atoms with Gasteiger partial charge in [-0.1, -0.05) is 31.1 Å². The van der Waals surface area contributed by atoms with Gasteiger partial charge >= 0.3 is 0 Å². The van der Waals surface area contributed by atoms with Crippen LogP contribution in [0.5, 0.6) is 0 Å². The molecule has 0 unspecified atom stereocenters. The molecule has 1 fully saturated rings. The molecule has 0 radical (unpaired) electrons. The van der Waals surface area contributed by atoms with Crippen molar-refractivity contribution >= 4 is 11.3 Å². The number of nitrogens with one attached hydrogen (secondary N) is 1. The molecule has 0 saturated heterocycles. The summed E-state index contributed by atoms with van der Waals surface area (Å²) in [6.45, 7) is 4.69. The van der Waals surface area contributed by atoms with Gasteiger partial charge in [-0.05, 0) is 19.3 Å². The van der Waals surface area contributed by atoms with Crippen LogP contribution in [-0.2, 0) is 16.7 Å². The lowest BCUT2D eigenvalue weighted by Crippen LogP contribution is -2.20. The van der Waals surface area contributed by atoms with Crippen molar-refractivity contribution in [2.45, 2.75) is 51.0 Å². The summed E-state index contributed by atoms with van der Waals surface area (Å²) in [6, 6.07) is 0. The Bertz CT molecular complexity index is 361. The van der Waals surface area contributed by atoms with Crippen LogP contribution in [0.1, 0.15) is 49.0 Å². The molecule has 5 heteroatoms. The molecule has 102 valence electrons. The van der Waals surface area contributed by atoms with E-state index < -0.39 is 0 Å². The lowest BCUT2D eigenvalue weighted by Gasteiger charge is -2.23. The van der Waals surface area contributed by atoms with Crippen molar-refractivity contribution < 1.29 is 4.74 Å². The molecule has 4 nitrogen and oxygen atoms in total. The van der Waals surface area contributed by atoms with Crippen molar-refractivity contribution in [3.8, 4) is 0 Å². The monoisotopic (exact) mass is 269 g/mol. The molecule has 1 N–H and O–H groups in total. The standard InChI is InChI=1S/C13H23N3OS/c1-3-13(6-4-5-7-13)12-16-15-11(18-12)10-14-8-9-17-2/h14H,3-10H2,1-2H3. The third-order valence-electron chi connectivity index (χ3n) is 3.92. The Balaban J connectivity index is 1.92. The molecule has 1 aromatic rings. The van der Waals surface area contributed by atoms with E-state index in [1.807, 2.05) is 0 Å². The van der Waals surface area contributed by atoms with Crippen LogP contribution >= 0.6 is 11.3 Å². The number of hydrogen-bond donors (Lipinski definition) is 1. The average molecular weight is 269 g/mol. The Hall–Kier alpha value is -0.520. The summed E-state index contributed by atoms with van der Waals surface area (Å²) in [4.78, 5) is 0. The first-order valence-corrected chi connectivity index (χ1v) is 7.65. The van der Waals surface area contributed by atoms with E-state index in [2.05, 4.69) is 22.4 Å². The highest BCUT2D eigenvalue weighted by Crippen LogP contribution is 2.44. The second kappa shape index (κ2) is 6.59. The van der Waals surface area contributed by atoms with Gasteiger partial charge in [0.25, 0.3) is 0 Å². The van der Waals surface area contributed by atoms with Crippen molar-refractivity contribution in [1.29, 1.82) is 0 Å². The van der Waals surface area contributed by atoms with Gasteiger partial charge in [0.15, 0.2) is 0 Å². The Kier molecular flexibility index (Phi) is 5.09. The molecule has 0 aromatic carbocycles. The molecular weight excluding hydrogens is 246 g/mol. The van der Waals surface area contributed by atoms with Crippen LogP contribution in [0.15, 0.2) is 0 Å². The SMILES string of the molecule is CCC1(c2nnc(CNCCOC)s2)CCCC1. The maximum atomic E-state index is 5.00. The lowest BCUT2D eigenvalue weighted by molar-refractivity contribution is 0.199.